The maximum atomic E-state index is 11.4. The third-order valence-corrected chi connectivity index (χ3v) is 5.06. The largest absolute Gasteiger partial charge is 1.00 e. The average Bonchev–Trinajstić information content (AvgIpc) is 2.56. The summed E-state index contributed by atoms with van der Waals surface area (Å²) >= 11 is 0. The first-order valence-corrected chi connectivity index (χ1v) is 8.47. The zero-order valence-corrected chi connectivity index (χ0v) is 18.3. The van der Waals surface area contributed by atoms with Crippen LogP contribution in [0.25, 0.3) is 0 Å². The summed E-state index contributed by atoms with van der Waals surface area (Å²) in [7, 11) is 0. The molecule has 0 aromatic heterocycles. The van der Waals surface area contributed by atoms with Crippen molar-refractivity contribution in [3.05, 3.63) is 0 Å². The van der Waals surface area contributed by atoms with Crippen LogP contribution in [-0.4, -0.2) is 35.7 Å². The normalized spacial score (nSPS) is 20.1. The predicted octanol–water partition coefficient (Wildman–Crippen LogP) is -2.57. The summed E-state index contributed by atoms with van der Waals surface area (Å²) < 4.78 is 0. The molecule has 2 aliphatic heterocycles. The number of nitrogens with one attached hydrogen (secondary N) is 4. The van der Waals surface area contributed by atoms with Gasteiger partial charge in [-0.15, -0.1) is 0 Å². The molecule has 11 heteroatoms. The van der Waals surface area contributed by atoms with E-state index in [0.29, 0.717) is 25.7 Å². The van der Waals surface area contributed by atoms with Crippen molar-refractivity contribution in [2.24, 2.45) is 10.8 Å². The molecule has 0 radical (unpaired) electrons. The number of rotatable bonds is 4. The fraction of sp³-hybridized carbons (Fsp3) is 0.625. The van der Waals surface area contributed by atoms with Gasteiger partial charge in [0.1, 0.15) is 10.8 Å². The molecule has 0 spiro atoms. The van der Waals surface area contributed by atoms with Gasteiger partial charge in [0.25, 0.3) is 0 Å². The van der Waals surface area contributed by atoms with Gasteiger partial charge >= 0.3 is 41.6 Å². The summed E-state index contributed by atoms with van der Waals surface area (Å²) in [5.74, 6) is -1.98. The van der Waals surface area contributed by atoms with E-state index in [9.17, 15) is 28.8 Å². The smallest absolute Gasteiger partial charge is 1.00 e. The Morgan fingerprint density at radius 3 is 0.889 bits per heavy atom. The Morgan fingerprint density at radius 2 is 0.741 bits per heavy atom. The van der Waals surface area contributed by atoms with Crippen LogP contribution in [0.1, 0.15) is 54.8 Å². The molecule has 0 aromatic carbocycles. The number of hydrogen-bond donors (Lipinski definition) is 4. The second kappa shape index (κ2) is 9.95. The first-order chi connectivity index (χ1) is 12.1. The monoisotopic (exact) mass is 392 g/mol. The minimum atomic E-state index is -1.06. The molecular formula is C16H25N4NaO6. The van der Waals surface area contributed by atoms with E-state index in [1.54, 1.807) is 27.7 Å². The van der Waals surface area contributed by atoms with Crippen molar-refractivity contribution < 1.29 is 59.8 Å². The van der Waals surface area contributed by atoms with E-state index in [1.807, 2.05) is 0 Å². The standard InChI is InChI=1S/2C8H12N2O3.Na.H/c2*1-3-8(4-2)5(11)9-7(13)10-6(8)12;;/h2*3-4H2,1-2H3,(H2,9,10,11,12,13);;/q;;+1;-1. The molecule has 0 aliphatic carbocycles. The van der Waals surface area contributed by atoms with Gasteiger partial charge in [-0.2, -0.15) is 0 Å². The van der Waals surface area contributed by atoms with E-state index in [4.69, 9.17) is 0 Å². The molecular weight excluding hydrogens is 367 g/mol. The van der Waals surface area contributed by atoms with Crippen LogP contribution in [0.5, 0.6) is 0 Å². The molecule has 2 aliphatic rings. The maximum absolute atomic E-state index is 11.4. The number of amides is 8. The number of hydrogen-bond acceptors (Lipinski definition) is 6. The van der Waals surface area contributed by atoms with Crippen molar-refractivity contribution in [1.82, 2.24) is 21.3 Å². The molecule has 0 saturated carbocycles. The SMILES string of the molecule is CCC1(CC)C(=O)NC(=O)NC1=O.CCC1(CC)C(=O)NC(=O)NC1=O.[H-].[Na+]. The molecule has 4 N–H and O–H groups in total. The number of barbiturate groups is 2. The molecule has 0 aromatic rings. The van der Waals surface area contributed by atoms with Crippen LogP contribution < -0.4 is 50.8 Å². The first kappa shape index (κ1) is 25.2. The van der Waals surface area contributed by atoms with Crippen molar-refractivity contribution >= 4 is 35.7 Å². The summed E-state index contributed by atoms with van der Waals surface area (Å²) in [5.41, 5.74) is -2.12. The molecule has 2 heterocycles. The summed E-state index contributed by atoms with van der Waals surface area (Å²) in [6.07, 6.45) is 1.59. The fourth-order valence-electron chi connectivity index (χ4n) is 2.94. The zero-order valence-electron chi connectivity index (χ0n) is 17.3. The van der Waals surface area contributed by atoms with Gasteiger partial charge in [-0.3, -0.25) is 40.4 Å². The quantitative estimate of drug-likeness (QED) is 0.305. The Morgan fingerprint density at radius 1 is 0.556 bits per heavy atom. The average molecular weight is 392 g/mol. The number of urea groups is 2. The minimum absolute atomic E-state index is 0. The van der Waals surface area contributed by atoms with Gasteiger partial charge in [0, 0.05) is 0 Å². The molecule has 10 nitrogen and oxygen atoms in total. The van der Waals surface area contributed by atoms with Crippen LogP contribution in [0.15, 0.2) is 0 Å². The van der Waals surface area contributed by atoms with Crippen LogP contribution in [0.2, 0.25) is 0 Å². The number of imide groups is 4. The van der Waals surface area contributed by atoms with E-state index < -0.39 is 46.5 Å². The van der Waals surface area contributed by atoms with Crippen LogP contribution >= 0.6 is 0 Å². The third-order valence-electron chi connectivity index (χ3n) is 5.06. The van der Waals surface area contributed by atoms with Gasteiger partial charge < -0.3 is 1.43 Å². The van der Waals surface area contributed by atoms with Gasteiger partial charge in [-0.05, 0) is 25.7 Å². The summed E-state index contributed by atoms with van der Waals surface area (Å²) in [5, 5.41) is 8.37. The topological polar surface area (TPSA) is 151 Å². The molecule has 0 atom stereocenters. The minimum Gasteiger partial charge on any atom is -1.00 e. The van der Waals surface area contributed by atoms with Crippen molar-refractivity contribution in [2.75, 3.05) is 0 Å². The molecule has 27 heavy (non-hydrogen) atoms. The Bertz CT molecular complexity index is 562. The van der Waals surface area contributed by atoms with Crippen molar-refractivity contribution in [2.45, 2.75) is 53.4 Å². The van der Waals surface area contributed by atoms with Crippen LogP contribution in [-0.2, 0) is 19.2 Å². The van der Waals surface area contributed by atoms with Crippen molar-refractivity contribution in [3.63, 3.8) is 0 Å². The fourth-order valence-corrected chi connectivity index (χ4v) is 2.94. The second-order valence-electron chi connectivity index (χ2n) is 6.05. The van der Waals surface area contributed by atoms with E-state index in [1.165, 1.54) is 0 Å². The maximum Gasteiger partial charge on any atom is 1.00 e. The molecule has 0 bridgehead atoms. The van der Waals surface area contributed by atoms with E-state index in [2.05, 4.69) is 21.3 Å². The summed E-state index contributed by atoms with van der Waals surface area (Å²) in [4.78, 5) is 67.1. The Kier molecular flexibility index (Phi) is 9.30. The van der Waals surface area contributed by atoms with Gasteiger partial charge in [0.05, 0.1) is 0 Å². The molecule has 2 rings (SSSR count). The third kappa shape index (κ3) is 4.74. The van der Waals surface area contributed by atoms with Gasteiger partial charge in [0.15, 0.2) is 0 Å². The Labute approximate surface area is 180 Å². The molecule has 146 valence electrons. The first-order valence-electron chi connectivity index (χ1n) is 8.47. The molecule has 2 saturated heterocycles. The van der Waals surface area contributed by atoms with Crippen molar-refractivity contribution in [3.8, 4) is 0 Å². The van der Waals surface area contributed by atoms with Gasteiger partial charge in [-0.25, -0.2) is 9.59 Å². The summed E-state index contributed by atoms with van der Waals surface area (Å²) in [6.45, 7) is 6.99. The number of carbonyl (C=O) groups excluding carboxylic acids is 6. The predicted molar refractivity (Wildman–Crippen MR) is 90.5 cm³/mol. The van der Waals surface area contributed by atoms with Crippen LogP contribution in [0.3, 0.4) is 0 Å². The van der Waals surface area contributed by atoms with E-state index >= 15 is 0 Å². The van der Waals surface area contributed by atoms with E-state index in [0.717, 1.165) is 0 Å². The van der Waals surface area contributed by atoms with Crippen LogP contribution in [0.4, 0.5) is 9.59 Å². The molecule has 0 unspecified atom stereocenters. The Balaban J connectivity index is 0. The van der Waals surface area contributed by atoms with Gasteiger partial charge in [0.2, 0.25) is 23.6 Å². The Hall–Kier alpha value is -1.78. The van der Waals surface area contributed by atoms with E-state index in [-0.39, 0.29) is 31.0 Å². The number of carbonyl (C=O) groups is 6. The van der Waals surface area contributed by atoms with Crippen molar-refractivity contribution in [1.29, 1.82) is 0 Å². The zero-order chi connectivity index (χ0) is 20.1. The molecule has 2 fully saturated rings. The van der Waals surface area contributed by atoms with Gasteiger partial charge in [-0.1, -0.05) is 27.7 Å². The second-order valence-corrected chi connectivity index (χ2v) is 6.05. The van der Waals surface area contributed by atoms with Crippen LogP contribution in [0, 0.1) is 10.8 Å². The molecule has 8 amide bonds. The summed E-state index contributed by atoms with van der Waals surface area (Å²) in [6, 6.07) is -1.46.